The molecule has 0 radical (unpaired) electrons. The molecule has 188 valence electrons. The summed E-state index contributed by atoms with van der Waals surface area (Å²) >= 11 is 0. The van der Waals surface area contributed by atoms with Gasteiger partial charge in [-0.2, -0.15) is 10.1 Å². The molecular weight excluding hydrogens is 428 g/mol. The van der Waals surface area contributed by atoms with Gasteiger partial charge in [-0.3, -0.25) is 9.67 Å². The molecule has 0 atom stereocenters. The number of unbranched alkanes of at least 4 members (excludes halogenated alkanes) is 1. The third-order valence-corrected chi connectivity index (χ3v) is 5.61. The summed E-state index contributed by atoms with van der Waals surface area (Å²) in [5.74, 6) is 2.25. The normalized spacial score (nSPS) is 13.5. The number of piperidine rings is 1. The second-order valence-corrected chi connectivity index (χ2v) is 7.69. The van der Waals surface area contributed by atoms with Crippen LogP contribution in [0.3, 0.4) is 0 Å². The molecule has 4 heterocycles. The van der Waals surface area contributed by atoms with Crippen molar-refractivity contribution >= 4 is 22.8 Å². The lowest BCUT2D eigenvalue weighted by molar-refractivity contribution is 0.400. The van der Waals surface area contributed by atoms with Crippen LogP contribution in [0.2, 0.25) is 0 Å². The van der Waals surface area contributed by atoms with Gasteiger partial charge in [0.1, 0.15) is 22.5 Å². The van der Waals surface area contributed by atoms with Gasteiger partial charge >= 0.3 is 0 Å². The lowest BCUT2D eigenvalue weighted by atomic mass is 9.91. The summed E-state index contributed by atoms with van der Waals surface area (Å²) in [6.45, 7) is 13.5. The number of ether oxygens (including phenoxy) is 1. The van der Waals surface area contributed by atoms with Gasteiger partial charge in [-0.25, -0.2) is 4.98 Å². The van der Waals surface area contributed by atoms with Crippen molar-refractivity contribution in [2.24, 2.45) is 0 Å². The topological polar surface area (TPSA) is 116 Å². The number of nitrogens with one attached hydrogen (secondary N) is 2. The van der Waals surface area contributed by atoms with Crippen LogP contribution in [0.1, 0.15) is 77.5 Å². The highest BCUT2D eigenvalue weighted by Crippen LogP contribution is 2.30. The Morgan fingerprint density at radius 1 is 1.15 bits per heavy atom. The Morgan fingerprint density at radius 3 is 2.56 bits per heavy atom. The number of hydrogen-bond donors (Lipinski definition) is 3. The third-order valence-electron chi connectivity index (χ3n) is 5.61. The highest BCUT2D eigenvalue weighted by Gasteiger charge is 2.19. The van der Waals surface area contributed by atoms with E-state index in [1.54, 1.807) is 13.3 Å². The van der Waals surface area contributed by atoms with Gasteiger partial charge in [0.25, 0.3) is 0 Å². The lowest BCUT2D eigenvalue weighted by Crippen LogP contribution is -2.26. The average Bonchev–Trinajstić information content (AvgIpc) is 3.29. The van der Waals surface area contributed by atoms with Crippen molar-refractivity contribution in [3.05, 3.63) is 29.7 Å². The molecule has 9 nitrogen and oxygen atoms in total. The molecule has 1 aliphatic heterocycles. The van der Waals surface area contributed by atoms with Crippen molar-refractivity contribution < 1.29 is 4.74 Å². The first kappa shape index (κ1) is 27.3. The van der Waals surface area contributed by atoms with Gasteiger partial charge in [-0.05, 0) is 49.9 Å². The van der Waals surface area contributed by atoms with Gasteiger partial charge in [0, 0.05) is 12.7 Å². The van der Waals surface area contributed by atoms with E-state index in [0.717, 1.165) is 62.3 Å². The lowest BCUT2D eigenvalue weighted by Gasteiger charge is -2.23. The maximum absolute atomic E-state index is 5.89. The highest BCUT2D eigenvalue weighted by atomic mass is 16.5. The Hall–Kier alpha value is -2.94. The van der Waals surface area contributed by atoms with Crippen molar-refractivity contribution in [2.75, 3.05) is 37.8 Å². The molecule has 0 saturated carbocycles. The molecule has 0 unspecified atom stereocenters. The molecule has 4 rings (SSSR count). The monoisotopic (exact) mass is 470 g/mol. The van der Waals surface area contributed by atoms with Gasteiger partial charge in [0.2, 0.25) is 5.95 Å². The summed E-state index contributed by atoms with van der Waals surface area (Å²) in [7, 11) is 1.69. The minimum absolute atomic E-state index is 0.239. The third kappa shape index (κ3) is 6.79. The van der Waals surface area contributed by atoms with Crippen LogP contribution in [-0.4, -0.2) is 51.5 Å². The Labute approximate surface area is 203 Å². The van der Waals surface area contributed by atoms with Crippen LogP contribution in [0.5, 0.6) is 5.75 Å². The van der Waals surface area contributed by atoms with Gasteiger partial charge < -0.3 is 21.1 Å². The van der Waals surface area contributed by atoms with E-state index in [-0.39, 0.29) is 5.95 Å². The van der Waals surface area contributed by atoms with E-state index in [0.29, 0.717) is 23.8 Å². The standard InChI is InChI=1S/C21H30N8O.2C2H6/c1-3-4-7-24-20-19-16(27-21(22)28-20)12-26-29(19)13-17-18(30-2)10-15(11-25-17)14-5-8-23-9-6-14;2*1-2/h10-12,14,23H,3-9,13H2,1-2H3,(H3,22,24,27,28);2*1-2H3. The Morgan fingerprint density at radius 2 is 1.88 bits per heavy atom. The first-order valence-corrected chi connectivity index (χ1v) is 12.7. The maximum Gasteiger partial charge on any atom is 0.222 e. The molecule has 0 aromatic carbocycles. The van der Waals surface area contributed by atoms with Crippen LogP contribution in [0.25, 0.3) is 11.0 Å². The summed E-state index contributed by atoms with van der Waals surface area (Å²) < 4.78 is 7.54. The van der Waals surface area contributed by atoms with E-state index < -0.39 is 0 Å². The number of nitrogens with zero attached hydrogens (tertiary/aromatic N) is 5. The Balaban J connectivity index is 0.000000970. The number of pyridine rings is 1. The number of methoxy groups -OCH3 is 1. The molecule has 0 amide bonds. The summed E-state index contributed by atoms with van der Waals surface area (Å²) in [5, 5.41) is 11.3. The van der Waals surface area contributed by atoms with E-state index >= 15 is 0 Å². The fourth-order valence-corrected chi connectivity index (χ4v) is 3.95. The van der Waals surface area contributed by atoms with Crippen LogP contribution < -0.4 is 21.1 Å². The SMILES string of the molecule is CC.CC.CCCCNc1nc(N)nc2cnn(Cc3ncc(C4CCNCC4)cc3OC)c12. The molecule has 0 spiro atoms. The number of hydrogen-bond acceptors (Lipinski definition) is 8. The number of nitrogens with two attached hydrogens (primary N) is 1. The first-order chi connectivity index (χ1) is 16.7. The number of rotatable bonds is 8. The second-order valence-electron chi connectivity index (χ2n) is 7.69. The quantitative estimate of drug-likeness (QED) is 0.409. The van der Waals surface area contributed by atoms with E-state index in [4.69, 9.17) is 15.5 Å². The molecule has 9 heteroatoms. The molecular formula is C25H42N8O. The molecule has 1 saturated heterocycles. The molecule has 1 aliphatic rings. The van der Waals surface area contributed by atoms with Crippen LogP contribution in [0, 0.1) is 0 Å². The zero-order valence-corrected chi connectivity index (χ0v) is 21.7. The van der Waals surface area contributed by atoms with Crippen molar-refractivity contribution in [3.8, 4) is 5.75 Å². The largest absolute Gasteiger partial charge is 0.495 e. The van der Waals surface area contributed by atoms with Crippen molar-refractivity contribution in [1.29, 1.82) is 0 Å². The maximum atomic E-state index is 5.89. The minimum Gasteiger partial charge on any atom is -0.495 e. The molecule has 3 aromatic heterocycles. The average molecular weight is 471 g/mol. The summed E-state index contributed by atoms with van der Waals surface area (Å²) in [6.07, 6.45) is 8.09. The highest BCUT2D eigenvalue weighted by molar-refractivity contribution is 5.86. The van der Waals surface area contributed by atoms with E-state index in [1.807, 2.05) is 38.6 Å². The first-order valence-electron chi connectivity index (χ1n) is 12.7. The Kier molecular flexibility index (Phi) is 11.5. The van der Waals surface area contributed by atoms with Crippen LogP contribution in [-0.2, 0) is 6.54 Å². The van der Waals surface area contributed by atoms with E-state index in [2.05, 4.69) is 38.7 Å². The summed E-state index contributed by atoms with van der Waals surface area (Å²) in [4.78, 5) is 13.5. The number of aromatic nitrogens is 5. The predicted octanol–water partition coefficient (Wildman–Crippen LogP) is 4.59. The second kappa shape index (κ2) is 14.3. The van der Waals surface area contributed by atoms with Gasteiger partial charge in [-0.1, -0.05) is 41.0 Å². The molecule has 1 fully saturated rings. The molecule has 4 N–H and O–H groups in total. The predicted molar refractivity (Wildman–Crippen MR) is 141 cm³/mol. The van der Waals surface area contributed by atoms with E-state index in [1.165, 1.54) is 5.56 Å². The van der Waals surface area contributed by atoms with Crippen molar-refractivity contribution in [1.82, 2.24) is 30.0 Å². The van der Waals surface area contributed by atoms with Crippen molar-refractivity contribution in [2.45, 2.75) is 72.8 Å². The fourth-order valence-electron chi connectivity index (χ4n) is 3.95. The van der Waals surface area contributed by atoms with Gasteiger partial charge in [0.15, 0.2) is 5.82 Å². The summed E-state index contributed by atoms with van der Waals surface area (Å²) in [5.41, 5.74) is 9.49. The van der Waals surface area contributed by atoms with Gasteiger partial charge in [0.05, 0.1) is 19.9 Å². The summed E-state index contributed by atoms with van der Waals surface area (Å²) in [6, 6.07) is 2.12. The smallest absolute Gasteiger partial charge is 0.222 e. The van der Waals surface area contributed by atoms with E-state index in [9.17, 15) is 0 Å². The molecule has 0 aliphatic carbocycles. The van der Waals surface area contributed by atoms with Crippen LogP contribution in [0.15, 0.2) is 18.5 Å². The molecule has 34 heavy (non-hydrogen) atoms. The van der Waals surface area contributed by atoms with Gasteiger partial charge in [-0.15, -0.1) is 0 Å². The van der Waals surface area contributed by atoms with Crippen molar-refractivity contribution in [3.63, 3.8) is 0 Å². The zero-order chi connectivity index (χ0) is 24.9. The minimum atomic E-state index is 0.239. The number of fused-ring (bicyclic) bond motifs is 1. The zero-order valence-electron chi connectivity index (χ0n) is 21.7. The van der Waals surface area contributed by atoms with Crippen LogP contribution >= 0.6 is 0 Å². The Bertz CT molecular complexity index is 998. The fraction of sp³-hybridized carbons (Fsp3) is 0.600. The number of nitrogen functional groups attached to an aromatic ring is 1. The molecule has 0 bridgehead atoms. The molecule has 3 aromatic rings. The van der Waals surface area contributed by atoms with Crippen LogP contribution in [0.4, 0.5) is 11.8 Å². The number of anilines is 2.